The van der Waals surface area contributed by atoms with Gasteiger partial charge in [0.05, 0.1) is 19.1 Å². The second-order valence-corrected chi connectivity index (χ2v) is 7.46. The summed E-state index contributed by atoms with van der Waals surface area (Å²) in [5.74, 6) is 0.322. The number of carboxylic acid groups (broad SMARTS) is 1. The molecule has 0 bridgehead atoms. The Morgan fingerprint density at radius 2 is 2.03 bits per heavy atom. The van der Waals surface area contributed by atoms with Crippen molar-refractivity contribution in [1.29, 1.82) is 0 Å². The van der Waals surface area contributed by atoms with Gasteiger partial charge in [0.25, 0.3) is 0 Å². The highest BCUT2D eigenvalue weighted by molar-refractivity contribution is 5.92. The third-order valence-electron chi connectivity index (χ3n) is 4.93. The topological polar surface area (TPSA) is 152 Å². The lowest BCUT2D eigenvalue weighted by atomic mass is 10.2. The monoisotopic (exact) mass is 500 g/mol. The van der Waals surface area contributed by atoms with Crippen molar-refractivity contribution in [2.24, 2.45) is 0 Å². The van der Waals surface area contributed by atoms with E-state index in [1.54, 1.807) is 12.1 Å². The van der Waals surface area contributed by atoms with Gasteiger partial charge in [0.1, 0.15) is 24.4 Å². The van der Waals surface area contributed by atoms with E-state index >= 15 is 0 Å². The Bertz CT molecular complexity index is 1170. The maximum Gasteiger partial charge on any atom is 0.341 e. The predicted octanol–water partition coefficient (Wildman–Crippen LogP) is 2.41. The molecule has 2 aromatic heterocycles. The molecule has 0 amide bonds. The van der Waals surface area contributed by atoms with E-state index in [0.717, 1.165) is 17.5 Å². The lowest BCUT2D eigenvalue weighted by molar-refractivity contribution is -0.139. The van der Waals surface area contributed by atoms with Crippen molar-refractivity contribution in [3.05, 3.63) is 42.5 Å². The molecule has 1 aromatic carbocycles. The third-order valence-corrected chi connectivity index (χ3v) is 4.93. The van der Waals surface area contributed by atoms with Gasteiger partial charge in [-0.3, -0.25) is 0 Å². The second kappa shape index (κ2) is 13.8. The first-order valence-electron chi connectivity index (χ1n) is 11.5. The summed E-state index contributed by atoms with van der Waals surface area (Å²) < 4.78 is 22.1. The molecule has 194 valence electrons. The SMILES string of the molecule is CCOCCOc1c(OC)cc(Nc2ncnc3[nH]cc(CNC=CCNC)c23)cc1OCC(=O)O. The van der Waals surface area contributed by atoms with Crippen LogP contribution in [-0.4, -0.2) is 73.2 Å². The van der Waals surface area contributed by atoms with Crippen LogP contribution in [0.1, 0.15) is 12.5 Å². The van der Waals surface area contributed by atoms with Gasteiger partial charge in [0.15, 0.2) is 18.1 Å². The number of aliphatic carboxylic acids is 1. The highest BCUT2D eigenvalue weighted by Crippen LogP contribution is 2.41. The Morgan fingerprint density at radius 3 is 2.78 bits per heavy atom. The van der Waals surface area contributed by atoms with Crippen LogP contribution in [0.2, 0.25) is 0 Å². The maximum absolute atomic E-state index is 11.1. The number of nitrogens with zero attached hydrogens (tertiary/aromatic N) is 2. The zero-order valence-electron chi connectivity index (χ0n) is 20.6. The number of carboxylic acids is 1. The predicted molar refractivity (Wildman–Crippen MR) is 135 cm³/mol. The summed E-state index contributed by atoms with van der Waals surface area (Å²) in [7, 11) is 3.38. The zero-order valence-corrected chi connectivity index (χ0v) is 20.6. The molecule has 0 aliphatic carbocycles. The highest BCUT2D eigenvalue weighted by Gasteiger charge is 2.18. The molecule has 0 fully saturated rings. The van der Waals surface area contributed by atoms with Gasteiger partial charge in [0, 0.05) is 49.3 Å². The molecule has 0 aliphatic rings. The Morgan fingerprint density at radius 1 is 1.19 bits per heavy atom. The number of anilines is 2. The number of fused-ring (bicyclic) bond motifs is 1. The van der Waals surface area contributed by atoms with E-state index in [9.17, 15) is 4.79 Å². The molecular weight excluding hydrogens is 468 g/mol. The average Bonchev–Trinajstić information content (AvgIpc) is 3.29. The van der Waals surface area contributed by atoms with Gasteiger partial charge >= 0.3 is 5.97 Å². The van der Waals surface area contributed by atoms with Crippen molar-refractivity contribution < 1.29 is 28.8 Å². The highest BCUT2D eigenvalue weighted by atomic mass is 16.6. The first-order chi connectivity index (χ1) is 17.6. The molecule has 0 unspecified atom stereocenters. The van der Waals surface area contributed by atoms with E-state index in [-0.39, 0.29) is 18.1 Å². The number of benzene rings is 1. The van der Waals surface area contributed by atoms with Gasteiger partial charge in [0.2, 0.25) is 5.75 Å². The molecule has 2 heterocycles. The molecule has 0 spiro atoms. The van der Waals surface area contributed by atoms with Crippen LogP contribution < -0.4 is 30.2 Å². The van der Waals surface area contributed by atoms with E-state index in [4.69, 9.17) is 24.1 Å². The number of hydrogen-bond donors (Lipinski definition) is 5. The van der Waals surface area contributed by atoms with Gasteiger partial charge in [-0.15, -0.1) is 0 Å². The molecule has 5 N–H and O–H groups in total. The van der Waals surface area contributed by atoms with Crippen LogP contribution in [-0.2, 0) is 16.1 Å². The maximum atomic E-state index is 11.1. The van der Waals surface area contributed by atoms with Crippen LogP contribution in [0.3, 0.4) is 0 Å². The molecular formula is C24H32N6O6. The normalized spacial score (nSPS) is 11.1. The van der Waals surface area contributed by atoms with Gasteiger partial charge < -0.3 is 45.0 Å². The zero-order chi connectivity index (χ0) is 25.8. The van der Waals surface area contributed by atoms with Crippen molar-refractivity contribution in [1.82, 2.24) is 25.6 Å². The molecule has 0 saturated carbocycles. The fourth-order valence-corrected chi connectivity index (χ4v) is 3.36. The lowest BCUT2D eigenvalue weighted by Gasteiger charge is -2.17. The van der Waals surface area contributed by atoms with Gasteiger partial charge in [-0.05, 0) is 20.2 Å². The largest absolute Gasteiger partial charge is 0.493 e. The summed E-state index contributed by atoms with van der Waals surface area (Å²) in [6, 6.07) is 3.36. The average molecular weight is 501 g/mol. The van der Waals surface area contributed by atoms with E-state index < -0.39 is 12.6 Å². The summed E-state index contributed by atoms with van der Waals surface area (Å²) >= 11 is 0. The number of rotatable bonds is 16. The second-order valence-electron chi connectivity index (χ2n) is 7.46. The Labute approximate surface area is 209 Å². The van der Waals surface area contributed by atoms with Crippen molar-refractivity contribution in [3.8, 4) is 17.2 Å². The van der Waals surface area contributed by atoms with Crippen LogP contribution in [0.25, 0.3) is 11.0 Å². The lowest BCUT2D eigenvalue weighted by Crippen LogP contribution is -2.12. The number of methoxy groups -OCH3 is 1. The van der Waals surface area contributed by atoms with Crippen molar-refractivity contribution in [2.45, 2.75) is 13.5 Å². The minimum atomic E-state index is -1.11. The van der Waals surface area contributed by atoms with Crippen LogP contribution in [0.4, 0.5) is 11.5 Å². The first-order valence-corrected chi connectivity index (χ1v) is 11.5. The molecule has 0 atom stereocenters. The van der Waals surface area contributed by atoms with E-state index in [0.29, 0.717) is 42.7 Å². The molecule has 0 aliphatic heterocycles. The molecule has 3 rings (SSSR count). The van der Waals surface area contributed by atoms with E-state index in [2.05, 4.69) is 30.9 Å². The number of likely N-dealkylation sites (N-methyl/N-ethyl adjacent to an activating group) is 1. The number of hydrogen-bond acceptors (Lipinski definition) is 10. The molecule has 3 aromatic rings. The molecule has 36 heavy (non-hydrogen) atoms. The van der Waals surface area contributed by atoms with Crippen LogP contribution in [0.15, 0.2) is 36.9 Å². The van der Waals surface area contributed by atoms with Gasteiger partial charge in [-0.1, -0.05) is 6.08 Å². The standard InChI is InChI=1S/C24H32N6O6/c1-4-34-8-9-35-22-18(33-3)10-17(11-19(22)36-14-20(31)32)30-24-21-16(12-26-7-5-6-25-2)13-27-23(21)28-15-29-24/h5,7,10-11,13,15,25-26H,4,6,8-9,12,14H2,1-3H3,(H,31,32)(H2,27,28,29,30). The number of ether oxygens (including phenoxy) is 4. The molecule has 0 saturated heterocycles. The number of nitrogens with one attached hydrogen (secondary N) is 4. The third kappa shape index (κ3) is 7.23. The molecule has 12 nitrogen and oxygen atoms in total. The summed E-state index contributed by atoms with van der Waals surface area (Å²) in [6.07, 6.45) is 7.19. The van der Waals surface area contributed by atoms with Crippen LogP contribution in [0, 0.1) is 0 Å². The van der Waals surface area contributed by atoms with Crippen molar-refractivity contribution in [2.75, 3.05) is 52.4 Å². The summed E-state index contributed by atoms with van der Waals surface area (Å²) in [6.45, 7) is 3.84. The van der Waals surface area contributed by atoms with Gasteiger partial charge in [-0.2, -0.15) is 0 Å². The van der Waals surface area contributed by atoms with Crippen molar-refractivity contribution in [3.63, 3.8) is 0 Å². The Balaban J connectivity index is 1.90. The number of carbonyl (C=O) groups is 1. The Kier molecular flexibility index (Phi) is 10.2. The fourth-order valence-electron chi connectivity index (χ4n) is 3.36. The molecule has 12 heteroatoms. The number of aromatic nitrogens is 3. The molecule has 0 radical (unpaired) electrons. The van der Waals surface area contributed by atoms with Gasteiger partial charge in [-0.25, -0.2) is 14.8 Å². The summed E-state index contributed by atoms with van der Waals surface area (Å²) in [5.41, 5.74) is 2.21. The van der Waals surface area contributed by atoms with Crippen LogP contribution >= 0.6 is 0 Å². The Hall–Kier alpha value is -4.03. The minimum Gasteiger partial charge on any atom is -0.493 e. The smallest absolute Gasteiger partial charge is 0.341 e. The summed E-state index contributed by atoms with van der Waals surface area (Å²) in [4.78, 5) is 23.0. The first kappa shape index (κ1) is 26.6. The van der Waals surface area contributed by atoms with E-state index in [1.807, 2.05) is 32.4 Å². The number of aromatic amines is 1. The fraction of sp³-hybridized carbons (Fsp3) is 0.375. The van der Waals surface area contributed by atoms with Crippen LogP contribution in [0.5, 0.6) is 17.2 Å². The van der Waals surface area contributed by atoms with E-state index in [1.165, 1.54) is 13.4 Å². The quantitative estimate of drug-likeness (QED) is 0.184. The summed E-state index contributed by atoms with van der Waals surface area (Å²) in [5, 5.41) is 19.5. The van der Waals surface area contributed by atoms with Crippen molar-refractivity contribution >= 4 is 28.5 Å². The minimum absolute atomic E-state index is 0.215. The number of H-pyrrole nitrogens is 1.